The Labute approximate surface area is 201 Å². The Kier molecular flexibility index (Phi) is 7.27. The van der Waals surface area contributed by atoms with Crippen molar-refractivity contribution in [2.24, 2.45) is 0 Å². The number of ether oxygens (including phenoxy) is 1. The third kappa shape index (κ3) is 4.97. The van der Waals surface area contributed by atoms with E-state index in [0.717, 1.165) is 22.3 Å². The van der Waals surface area contributed by atoms with Crippen LogP contribution in [0.2, 0.25) is 0 Å². The van der Waals surface area contributed by atoms with Crippen molar-refractivity contribution >= 4 is 29.3 Å². The molecule has 2 aromatic carbocycles. The molecule has 0 fully saturated rings. The van der Waals surface area contributed by atoms with Gasteiger partial charge in [-0.1, -0.05) is 67.9 Å². The van der Waals surface area contributed by atoms with E-state index in [2.05, 4.69) is 22.8 Å². The standard InChI is InChI=1S/C26H26N2O5S/c1-2-8-21(25(30)31)27-24(29)23(22-13-7-14-34-22)28-26(32)33-15-20-18-11-5-3-9-16(18)17-10-4-6-12-19(17)20/h3-7,9-14,20-21,23H,2,8,15H2,1H3,(H,27,29)(H,28,32)(H,30,31). The molecular weight excluding hydrogens is 452 g/mol. The number of carbonyl (C=O) groups excluding carboxylic acids is 2. The molecule has 0 aliphatic heterocycles. The summed E-state index contributed by atoms with van der Waals surface area (Å²) in [5, 5.41) is 16.3. The summed E-state index contributed by atoms with van der Waals surface area (Å²) in [4.78, 5) is 37.7. The Balaban J connectivity index is 1.46. The number of nitrogens with one attached hydrogen (secondary N) is 2. The van der Waals surface area contributed by atoms with Crippen LogP contribution in [0.1, 0.15) is 47.7 Å². The number of thiophene rings is 1. The number of fused-ring (bicyclic) bond motifs is 3. The van der Waals surface area contributed by atoms with Gasteiger partial charge in [-0.15, -0.1) is 11.3 Å². The number of amides is 2. The number of hydrogen-bond donors (Lipinski definition) is 3. The van der Waals surface area contributed by atoms with Crippen LogP contribution in [0.4, 0.5) is 4.79 Å². The summed E-state index contributed by atoms with van der Waals surface area (Å²) in [6.45, 7) is 1.96. The fourth-order valence-corrected chi connectivity index (χ4v) is 5.05. The summed E-state index contributed by atoms with van der Waals surface area (Å²) in [6, 6.07) is 17.5. The topological polar surface area (TPSA) is 105 Å². The number of alkyl carbamates (subject to hydrolysis) is 1. The van der Waals surface area contributed by atoms with Gasteiger partial charge in [-0.25, -0.2) is 9.59 Å². The van der Waals surface area contributed by atoms with Gasteiger partial charge in [0.05, 0.1) is 0 Å². The largest absolute Gasteiger partial charge is 0.480 e. The molecule has 7 nitrogen and oxygen atoms in total. The number of carbonyl (C=O) groups is 3. The Hall–Kier alpha value is -3.65. The molecule has 2 unspecified atom stereocenters. The quantitative estimate of drug-likeness (QED) is 0.414. The number of carboxylic acids is 1. The Morgan fingerprint density at radius 2 is 1.62 bits per heavy atom. The SMILES string of the molecule is CCCC(NC(=O)C(NC(=O)OCC1c2ccccc2-c2ccccc21)c1cccs1)C(=O)O. The highest BCUT2D eigenvalue weighted by Crippen LogP contribution is 2.44. The first-order valence-corrected chi connectivity index (χ1v) is 12.1. The van der Waals surface area contributed by atoms with Crippen LogP contribution in [-0.4, -0.2) is 35.7 Å². The second-order valence-corrected chi connectivity index (χ2v) is 9.09. The van der Waals surface area contributed by atoms with Crippen LogP contribution < -0.4 is 10.6 Å². The van der Waals surface area contributed by atoms with E-state index in [1.807, 2.05) is 43.3 Å². The zero-order chi connectivity index (χ0) is 24.1. The van der Waals surface area contributed by atoms with Gasteiger partial charge in [-0.3, -0.25) is 4.79 Å². The molecule has 8 heteroatoms. The average molecular weight is 479 g/mol. The molecule has 2 atom stereocenters. The number of aliphatic carboxylic acids is 1. The van der Waals surface area contributed by atoms with E-state index in [-0.39, 0.29) is 12.5 Å². The molecule has 1 aliphatic carbocycles. The van der Waals surface area contributed by atoms with Gasteiger partial charge in [0.15, 0.2) is 0 Å². The van der Waals surface area contributed by atoms with Gasteiger partial charge in [0, 0.05) is 10.8 Å². The lowest BCUT2D eigenvalue weighted by Gasteiger charge is -2.21. The molecule has 1 aliphatic rings. The van der Waals surface area contributed by atoms with E-state index in [9.17, 15) is 19.5 Å². The number of carboxylic acid groups (broad SMARTS) is 1. The predicted molar refractivity (Wildman–Crippen MR) is 130 cm³/mol. The van der Waals surface area contributed by atoms with Crippen LogP contribution in [0.3, 0.4) is 0 Å². The molecule has 176 valence electrons. The molecule has 1 aromatic heterocycles. The minimum Gasteiger partial charge on any atom is -0.480 e. The van der Waals surface area contributed by atoms with Crippen molar-refractivity contribution < 1.29 is 24.2 Å². The van der Waals surface area contributed by atoms with Gasteiger partial charge in [0.25, 0.3) is 0 Å². The van der Waals surface area contributed by atoms with Crippen molar-refractivity contribution in [1.29, 1.82) is 0 Å². The summed E-state index contributed by atoms with van der Waals surface area (Å²) in [5.41, 5.74) is 4.43. The first kappa shape index (κ1) is 23.5. The van der Waals surface area contributed by atoms with Crippen molar-refractivity contribution in [1.82, 2.24) is 10.6 Å². The minimum atomic E-state index is -1.11. The second-order valence-electron chi connectivity index (χ2n) is 8.11. The second kappa shape index (κ2) is 10.5. The molecule has 4 rings (SSSR count). The van der Waals surface area contributed by atoms with E-state index in [0.29, 0.717) is 17.7 Å². The first-order valence-electron chi connectivity index (χ1n) is 11.2. The van der Waals surface area contributed by atoms with Crippen LogP contribution >= 0.6 is 11.3 Å². The van der Waals surface area contributed by atoms with E-state index in [4.69, 9.17) is 4.74 Å². The number of rotatable bonds is 9. The summed E-state index contributed by atoms with van der Waals surface area (Å²) in [7, 11) is 0. The molecule has 3 N–H and O–H groups in total. The molecule has 0 saturated carbocycles. The molecule has 0 radical (unpaired) electrons. The molecule has 3 aromatic rings. The summed E-state index contributed by atoms with van der Waals surface area (Å²) in [6.07, 6.45) is 0.155. The van der Waals surface area contributed by atoms with Crippen LogP contribution in [-0.2, 0) is 14.3 Å². The summed E-state index contributed by atoms with van der Waals surface area (Å²) >= 11 is 1.30. The van der Waals surface area contributed by atoms with Crippen molar-refractivity contribution in [3.05, 3.63) is 82.0 Å². The third-order valence-corrected chi connectivity index (χ3v) is 6.82. The van der Waals surface area contributed by atoms with Crippen molar-refractivity contribution in [2.45, 2.75) is 37.8 Å². The maximum atomic E-state index is 12.9. The lowest BCUT2D eigenvalue weighted by Crippen LogP contribution is -2.47. The van der Waals surface area contributed by atoms with E-state index >= 15 is 0 Å². The Morgan fingerprint density at radius 1 is 0.971 bits per heavy atom. The van der Waals surface area contributed by atoms with Gasteiger partial charge < -0.3 is 20.5 Å². The van der Waals surface area contributed by atoms with E-state index in [1.165, 1.54) is 11.3 Å². The Morgan fingerprint density at radius 3 is 2.18 bits per heavy atom. The molecule has 0 bridgehead atoms. The normalized spacial score (nSPS) is 13.9. The highest BCUT2D eigenvalue weighted by atomic mass is 32.1. The van der Waals surface area contributed by atoms with Crippen molar-refractivity contribution in [3.8, 4) is 11.1 Å². The fraction of sp³-hybridized carbons (Fsp3) is 0.269. The van der Waals surface area contributed by atoms with Gasteiger partial charge in [0.1, 0.15) is 18.7 Å². The summed E-state index contributed by atoms with van der Waals surface area (Å²) in [5.74, 6) is -1.80. The average Bonchev–Trinajstić information content (AvgIpc) is 3.47. The van der Waals surface area contributed by atoms with Gasteiger partial charge >= 0.3 is 12.1 Å². The van der Waals surface area contributed by atoms with Crippen LogP contribution in [0.25, 0.3) is 11.1 Å². The molecule has 0 spiro atoms. The van der Waals surface area contributed by atoms with E-state index < -0.39 is 30.1 Å². The van der Waals surface area contributed by atoms with Crippen LogP contribution in [0, 0.1) is 0 Å². The lowest BCUT2D eigenvalue weighted by molar-refractivity contribution is -0.142. The Bertz CT molecular complexity index is 1130. The fourth-order valence-electron chi connectivity index (χ4n) is 4.28. The monoisotopic (exact) mass is 478 g/mol. The van der Waals surface area contributed by atoms with Gasteiger partial charge in [0.2, 0.25) is 5.91 Å². The highest BCUT2D eigenvalue weighted by molar-refractivity contribution is 7.10. The van der Waals surface area contributed by atoms with Gasteiger partial charge in [-0.2, -0.15) is 0 Å². The molecule has 1 heterocycles. The lowest BCUT2D eigenvalue weighted by atomic mass is 9.98. The maximum Gasteiger partial charge on any atom is 0.408 e. The summed E-state index contributed by atoms with van der Waals surface area (Å²) < 4.78 is 5.58. The zero-order valence-corrected chi connectivity index (χ0v) is 19.5. The van der Waals surface area contributed by atoms with Crippen molar-refractivity contribution in [3.63, 3.8) is 0 Å². The smallest absolute Gasteiger partial charge is 0.408 e. The molecular formula is C26H26N2O5S. The highest BCUT2D eigenvalue weighted by Gasteiger charge is 2.31. The number of benzene rings is 2. The first-order chi connectivity index (χ1) is 16.5. The van der Waals surface area contributed by atoms with Gasteiger partial charge in [-0.05, 0) is 40.1 Å². The maximum absolute atomic E-state index is 12.9. The van der Waals surface area contributed by atoms with Crippen LogP contribution in [0.15, 0.2) is 66.0 Å². The zero-order valence-electron chi connectivity index (χ0n) is 18.7. The molecule has 0 saturated heterocycles. The van der Waals surface area contributed by atoms with Crippen molar-refractivity contribution in [2.75, 3.05) is 6.61 Å². The molecule has 34 heavy (non-hydrogen) atoms. The predicted octanol–water partition coefficient (Wildman–Crippen LogP) is 4.70. The minimum absolute atomic E-state index is 0.104. The molecule has 2 amide bonds. The number of hydrogen-bond acceptors (Lipinski definition) is 5. The van der Waals surface area contributed by atoms with E-state index in [1.54, 1.807) is 17.5 Å². The van der Waals surface area contributed by atoms with Crippen LogP contribution in [0.5, 0.6) is 0 Å². The third-order valence-electron chi connectivity index (χ3n) is 5.89.